The first kappa shape index (κ1) is 12.8. The van der Waals surface area contributed by atoms with Crippen molar-refractivity contribution < 1.29 is 4.74 Å². The van der Waals surface area contributed by atoms with Crippen molar-refractivity contribution in [1.82, 2.24) is 9.97 Å². The van der Waals surface area contributed by atoms with Gasteiger partial charge in [-0.25, -0.2) is 9.97 Å². The lowest BCUT2D eigenvalue weighted by molar-refractivity contribution is 0.205. The molecule has 6 heteroatoms. The van der Waals surface area contributed by atoms with E-state index in [0.717, 1.165) is 18.9 Å². The molecule has 0 aromatic carbocycles. The summed E-state index contributed by atoms with van der Waals surface area (Å²) in [5, 5.41) is 0. The standard InChI is InChI=1S/C10H16N4OS/c1-15-7-6-14(5-3-9(11)16)10-2-4-12-8-13-10/h2,4,8H,3,5-7H2,1H3,(H2,11,16). The van der Waals surface area contributed by atoms with Crippen LogP contribution >= 0.6 is 12.2 Å². The summed E-state index contributed by atoms with van der Waals surface area (Å²) in [5.41, 5.74) is 5.49. The number of methoxy groups -OCH3 is 1. The summed E-state index contributed by atoms with van der Waals surface area (Å²) in [6.45, 7) is 2.15. The van der Waals surface area contributed by atoms with Gasteiger partial charge in [-0.05, 0) is 6.07 Å². The molecule has 0 saturated carbocycles. The van der Waals surface area contributed by atoms with Crippen molar-refractivity contribution >= 4 is 23.0 Å². The Kier molecular flexibility index (Phi) is 5.66. The van der Waals surface area contributed by atoms with Gasteiger partial charge in [-0.3, -0.25) is 0 Å². The zero-order valence-corrected chi connectivity index (χ0v) is 10.1. The Bertz CT molecular complexity index is 320. The fourth-order valence-corrected chi connectivity index (χ4v) is 1.35. The minimum atomic E-state index is 0.511. The summed E-state index contributed by atoms with van der Waals surface area (Å²) in [6, 6.07) is 1.86. The van der Waals surface area contributed by atoms with Crippen molar-refractivity contribution in [1.29, 1.82) is 0 Å². The predicted octanol–water partition coefficient (Wildman–Crippen LogP) is 0.606. The van der Waals surface area contributed by atoms with Crippen LogP contribution in [0.2, 0.25) is 0 Å². The van der Waals surface area contributed by atoms with Crippen LogP contribution in [0.1, 0.15) is 6.42 Å². The highest BCUT2D eigenvalue weighted by Crippen LogP contribution is 2.08. The van der Waals surface area contributed by atoms with Gasteiger partial charge in [-0.2, -0.15) is 0 Å². The number of rotatable bonds is 7. The monoisotopic (exact) mass is 240 g/mol. The van der Waals surface area contributed by atoms with Gasteiger partial charge in [-0.15, -0.1) is 0 Å². The van der Waals surface area contributed by atoms with E-state index in [2.05, 4.69) is 14.9 Å². The third kappa shape index (κ3) is 4.50. The van der Waals surface area contributed by atoms with Crippen molar-refractivity contribution in [2.75, 3.05) is 31.7 Å². The van der Waals surface area contributed by atoms with E-state index in [9.17, 15) is 0 Å². The Morgan fingerprint density at radius 2 is 2.38 bits per heavy atom. The summed E-state index contributed by atoms with van der Waals surface area (Å²) in [5.74, 6) is 0.864. The lowest BCUT2D eigenvalue weighted by Gasteiger charge is -2.22. The highest BCUT2D eigenvalue weighted by atomic mass is 32.1. The Labute approximate surface area is 101 Å². The third-order valence-electron chi connectivity index (χ3n) is 2.08. The molecule has 0 aliphatic heterocycles. The number of hydrogen-bond donors (Lipinski definition) is 1. The topological polar surface area (TPSA) is 64.3 Å². The van der Waals surface area contributed by atoms with E-state index in [4.69, 9.17) is 22.7 Å². The fourth-order valence-electron chi connectivity index (χ4n) is 1.26. The van der Waals surface area contributed by atoms with E-state index in [0.29, 0.717) is 18.0 Å². The first-order valence-corrected chi connectivity index (χ1v) is 5.43. The quantitative estimate of drug-likeness (QED) is 0.704. The van der Waals surface area contributed by atoms with E-state index in [-0.39, 0.29) is 0 Å². The Hall–Kier alpha value is -1.27. The third-order valence-corrected chi connectivity index (χ3v) is 2.29. The van der Waals surface area contributed by atoms with E-state index in [1.165, 1.54) is 6.33 Å². The second-order valence-corrected chi connectivity index (χ2v) is 3.79. The number of ether oxygens (including phenoxy) is 1. The average Bonchev–Trinajstić information content (AvgIpc) is 2.30. The van der Waals surface area contributed by atoms with Gasteiger partial charge in [0.2, 0.25) is 0 Å². The van der Waals surface area contributed by atoms with Crippen LogP contribution in [-0.2, 0) is 4.74 Å². The number of hydrogen-bond acceptors (Lipinski definition) is 5. The molecule has 2 N–H and O–H groups in total. The van der Waals surface area contributed by atoms with Crippen LogP contribution < -0.4 is 10.6 Å². The van der Waals surface area contributed by atoms with Gasteiger partial charge in [0.15, 0.2) is 0 Å². The van der Waals surface area contributed by atoms with Crippen LogP contribution in [0.4, 0.5) is 5.82 Å². The molecule has 0 amide bonds. The molecule has 0 saturated heterocycles. The summed E-state index contributed by atoms with van der Waals surface area (Å²) in [4.78, 5) is 10.7. The van der Waals surface area contributed by atoms with E-state index in [1.807, 2.05) is 6.07 Å². The zero-order chi connectivity index (χ0) is 11.8. The molecule has 16 heavy (non-hydrogen) atoms. The van der Waals surface area contributed by atoms with E-state index in [1.54, 1.807) is 13.3 Å². The minimum absolute atomic E-state index is 0.511. The smallest absolute Gasteiger partial charge is 0.131 e. The average molecular weight is 240 g/mol. The van der Waals surface area contributed by atoms with Crippen molar-refractivity contribution in [3.63, 3.8) is 0 Å². The van der Waals surface area contributed by atoms with Crippen molar-refractivity contribution in [2.24, 2.45) is 5.73 Å². The van der Waals surface area contributed by atoms with Crippen LogP contribution in [0, 0.1) is 0 Å². The highest BCUT2D eigenvalue weighted by molar-refractivity contribution is 7.80. The molecular formula is C10H16N4OS. The first-order valence-electron chi connectivity index (χ1n) is 5.02. The predicted molar refractivity (Wildman–Crippen MR) is 67.5 cm³/mol. The summed E-state index contributed by atoms with van der Waals surface area (Å²) < 4.78 is 5.05. The van der Waals surface area contributed by atoms with E-state index < -0.39 is 0 Å². The molecule has 1 aromatic rings. The van der Waals surface area contributed by atoms with Gasteiger partial charge in [-0.1, -0.05) is 12.2 Å². The number of anilines is 1. The zero-order valence-electron chi connectivity index (χ0n) is 9.30. The maximum atomic E-state index is 5.49. The lowest BCUT2D eigenvalue weighted by atomic mass is 10.3. The molecule has 5 nitrogen and oxygen atoms in total. The maximum absolute atomic E-state index is 5.49. The minimum Gasteiger partial charge on any atom is -0.393 e. The van der Waals surface area contributed by atoms with Crippen molar-refractivity contribution in [2.45, 2.75) is 6.42 Å². The molecule has 0 aliphatic rings. The summed E-state index contributed by atoms with van der Waals surface area (Å²) in [6.07, 6.45) is 3.90. The molecule has 0 spiro atoms. The van der Waals surface area contributed by atoms with Gasteiger partial charge in [0.1, 0.15) is 12.1 Å². The Morgan fingerprint density at radius 3 is 2.94 bits per heavy atom. The fraction of sp³-hybridized carbons (Fsp3) is 0.500. The second-order valence-electron chi connectivity index (χ2n) is 3.26. The van der Waals surface area contributed by atoms with Crippen LogP contribution in [0.5, 0.6) is 0 Å². The molecular weight excluding hydrogens is 224 g/mol. The lowest BCUT2D eigenvalue weighted by Crippen LogP contribution is -2.31. The number of nitrogens with zero attached hydrogens (tertiary/aromatic N) is 3. The SMILES string of the molecule is COCCN(CCC(N)=S)c1ccncn1. The molecule has 0 aliphatic carbocycles. The molecule has 0 radical (unpaired) electrons. The molecule has 1 heterocycles. The Balaban J connectivity index is 2.59. The molecule has 1 rings (SSSR count). The first-order chi connectivity index (χ1) is 7.74. The number of nitrogens with two attached hydrogens (primary N) is 1. The largest absolute Gasteiger partial charge is 0.393 e. The normalized spacial score (nSPS) is 10.1. The van der Waals surface area contributed by atoms with E-state index >= 15 is 0 Å². The second kappa shape index (κ2) is 7.08. The Morgan fingerprint density at radius 1 is 1.56 bits per heavy atom. The molecule has 1 aromatic heterocycles. The van der Waals surface area contributed by atoms with Gasteiger partial charge in [0.25, 0.3) is 0 Å². The van der Waals surface area contributed by atoms with Gasteiger partial charge in [0.05, 0.1) is 11.6 Å². The molecule has 88 valence electrons. The molecule has 0 fully saturated rings. The van der Waals surface area contributed by atoms with Crippen molar-refractivity contribution in [3.8, 4) is 0 Å². The molecule has 0 bridgehead atoms. The van der Waals surface area contributed by atoms with Crippen LogP contribution in [0.15, 0.2) is 18.6 Å². The van der Waals surface area contributed by atoms with Crippen LogP contribution in [-0.4, -0.2) is 41.8 Å². The van der Waals surface area contributed by atoms with Crippen LogP contribution in [0.25, 0.3) is 0 Å². The molecule has 0 atom stereocenters. The molecule has 0 unspecified atom stereocenters. The van der Waals surface area contributed by atoms with Gasteiger partial charge < -0.3 is 15.4 Å². The summed E-state index contributed by atoms with van der Waals surface area (Å²) >= 11 is 4.86. The number of aromatic nitrogens is 2. The van der Waals surface area contributed by atoms with Gasteiger partial charge >= 0.3 is 0 Å². The van der Waals surface area contributed by atoms with Crippen LogP contribution in [0.3, 0.4) is 0 Å². The number of thiocarbonyl (C=S) groups is 1. The highest BCUT2D eigenvalue weighted by Gasteiger charge is 2.07. The van der Waals surface area contributed by atoms with Crippen molar-refractivity contribution in [3.05, 3.63) is 18.6 Å². The maximum Gasteiger partial charge on any atom is 0.131 e. The van der Waals surface area contributed by atoms with Gasteiger partial charge in [0, 0.05) is 32.8 Å². The summed E-state index contributed by atoms with van der Waals surface area (Å²) in [7, 11) is 1.67.